The maximum absolute atomic E-state index is 11.3. The molecule has 0 radical (unpaired) electrons. The summed E-state index contributed by atoms with van der Waals surface area (Å²) in [4.78, 5) is 26.0. The SMILES string of the molecule is CCC(C(=O)O)c1ccc2ncccc2c1[N+](=O)[O-]. The minimum absolute atomic E-state index is 0.167. The van der Waals surface area contributed by atoms with Crippen molar-refractivity contribution in [2.75, 3.05) is 0 Å². The number of carboxylic acid groups (broad SMARTS) is 1. The van der Waals surface area contributed by atoms with Crippen molar-refractivity contribution in [2.24, 2.45) is 0 Å². The van der Waals surface area contributed by atoms with E-state index in [1.54, 1.807) is 31.3 Å². The number of nitro groups is 1. The molecule has 0 amide bonds. The van der Waals surface area contributed by atoms with Gasteiger partial charge in [-0.05, 0) is 30.7 Å². The van der Waals surface area contributed by atoms with Gasteiger partial charge in [0.25, 0.3) is 5.69 Å². The number of carboxylic acids is 1. The molecule has 0 aliphatic rings. The number of hydrogen-bond donors (Lipinski definition) is 1. The Bertz CT molecular complexity index is 654. The van der Waals surface area contributed by atoms with Crippen molar-refractivity contribution in [1.29, 1.82) is 0 Å². The maximum Gasteiger partial charge on any atom is 0.311 e. The zero-order valence-corrected chi connectivity index (χ0v) is 10.2. The molecule has 1 atom stereocenters. The van der Waals surface area contributed by atoms with E-state index in [0.29, 0.717) is 17.3 Å². The number of rotatable bonds is 4. The van der Waals surface area contributed by atoms with Crippen molar-refractivity contribution in [1.82, 2.24) is 4.98 Å². The van der Waals surface area contributed by atoms with Gasteiger partial charge in [0.15, 0.2) is 0 Å². The van der Waals surface area contributed by atoms with Gasteiger partial charge in [-0.25, -0.2) is 0 Å². The average Bonchev–Trinajstić information content (AvgIpc) is 2.38. The number of aliphatic carboxylic acids is 1. The molecule has 98 valence electrons. The summed E-state index contributed by atoms with van der Waals surface area (Å²) in [5, 5.41) is 20.8. The number of nitro benzene ring substituents is 1. The van der Waals surface area contributed by atoms with Crippen LogP contribution in [-0.2, 0) is 4.79 Å². The van der Waals surface area contributed by atoms with E-state index >= 15 is 0 Å². The molecule has 2 rings (SSSR count). The molecule has 1 heterocycles. The summed E-state index contributed by atoms with van der Waals surface area (Å²) in [7, 11) is 0. The summed E-state index contributed by atoms with van der Waals surface area (Å²) in [6.07, 6.45) is 1.84. The van der Waals surface area contributed by atoms with Crippen LogP contribution in [0.5, 0.6) is 0 Å². The zero-order valence-electron chi connectivity index (χ0n) is 10.2. The third kappa shape index (κ3) is 2.24. The fraction of sp³-hybridized carbons (Fsp3) is 0.231. The molecule has 1 N–H and O–H groups in total. The van der Waals surface area contributed by atoms with Gasteiger partial charge >= 0.3 is 5.97 Å². The number of benzene rings is 1. The lowest BCUT2D eigenvalue weighted by molar-refractivity contribution is -0.383. The first-order valence-corrected chi connectivity index (χ1v) is 5.81. The summed E-state index contributed by atoms with van der Waals surface area (Å²) < 4.78 is 0. The van der Waals surface area contributed by atoms with Gasteiger partial charge in [0, 0.05) is 11.8 Å². The summed E-state index contributed by atoms with van der Waals surface area (Å²) in [5.74, 6) is -1.95. The molecule has 0 aliphatic heterocycles. The molecular formula is C13H12N2O4. The first kappa shape index (κ1) is 12.9. The lowest BCUT2D eigenvalue weighted by Crippen LogP contribution is -2.12. The second-order valence-corrected chi connectivity index (χ2v) is 4.13. The Labute approximate surface area is 108 Å². The Balaban J connectivity index is 2.77. The molecular weight excluding hydrogens is 248 g/mol. The van der Waals surface area contributed by atoms with E-state index in [0.717, 1.165) is 0 Å². The van der Waals surface area contributed by atoms with Gasteiger partial charge in [0.1, 0.15) is 0 Å². The Morgan fingerprint density at radius 2 is 2.21 bits per heavy atom. The Morgan fingerprint density at radius 1 is 1.47 bits per heavy atom. The van der Waals surface area contributed by atoms with Crippen LogP contribution in [0.2, 0.25) is 0 Å². The zero-order chi connectivity index (χ0) is 14.0. The lowest BCUT2D eigenvalue weighted by Gasteiger charge is -2.11. The normalized spacial score (nSPS) is 12.3. The highest BCUT2D eigenvalue weighted by molar-refractivity contribution is 5.92. The highest BCUT2D eigenvalue weighted by atomic mass is 16.6. The van der Waals surface area contributed by atoms with Crippen LogP contribution in [0.3, 0.4) is 0 Å². The first-order chi connectivity index (χ1) is 9.06. The van der Waals surface area contributed by atoms with E-state index < -0.39 is 16.8 Å². The molecule has 0 saturated carbocycles. The Kier molecular flexibility index (Phi) is 3.41. The summed E-state index contributed by atoms with van der Waals surface area (Å²) in [6, 6.07) is 6.28. The van der Waals surface area contributed by atoms with Crippen LogP contribution in [0, 0.1) is 10.1 Å². The van der Waals surface area contributed by atoms with E-state index in [9.17, 15) is 14.9 Å². The minimum Gasteiger partial charge on any atom is -0.481 e. The number of hydrogen-bond acceptors (Lipinski definition) is 4. The molecule has 0 saturated heterocycles. The second-order valence-electron chi connectivity index (χ2n) is 4.13. The molecule has 1 aromatic carbocycles. The fourth-order valence-electron chi connectivity index (χ4n) is 2.17. The summed E-state index contributed by atoms with van der Waals surface area (Å²) >= 11 is 0. The number of aromatic nitrogens is 1. The molecule has 0 spiro atoms. The van der Waals surface area contributed by atoms with Gasteiger partial charge < -0.3 is 5.11 Å². The van der Waals surface area contributed by atoms with Gasteiger partial charge in [-0.15, -0.1) is 0 Å². The molecule has 19 heavy (non-hydrogen) atoms. The van der Waals surface area contributed by atoms with Crippen LogP contribution in [0.15, 0.2) is 30.5 Å². The predicted octanol–water partition coefficient (Wildman–Crippen LogP) is 2.72. The first-order valence-electron chi connectivity index (χ1n) is 5.81. The van der Waals surface area contributed by atoms with Crippen LogP contribution >= 0.6 is 0 Å². The Morgan fingerprint density at radius 3 is 2.79 bits per heavy atom. The Hall–Kier alpha value is -2.50. The monoisotopic (exact) mass is 260 g/mol. The molecule has 2 aromatic rings. The van der Waals surface area contributed by atoms with Crippen LogP contribution < -0.4 is 0 Å². The topological polar surface area (TPSA) is 93.3 Å². The summed E-state index contributed by atoms with van der Waals surface area (Å²) in [5.41, 5.74) is 0.540. The van der Waals surface area contributed by atoms with Crippen molar-refractivity contribution in [2.45, 2.75) is 19.3 Å². The van der Waals surface area contributed by atoms with Gasteiger partial charge in [-0.1, -0.05) is 6.92 Å². The van der Waals surface area contributed by atoms with Crippen LogP contribution in [0.1, 0.15) is 24.8 Å². The number of nitrogens with zero attached hydrogens (tertiary/aromatic N) is 2. The van der Waals surface area contributed by atoms with Gasteiger partial charge in [-0.2, -0.15) is 0 Å². The molecule has 6 heteroatoms. The predicted molar refractivity (Wildman–Crippen MR) is 69.1 cm³/mol. The van der Waals surface area contributed by atoms with Gasteiger partial charge in [0.2, 0.25) is 0 Å². The molecule has 1 unspecified atom stereocenters. The van der Waals surface area contributed by atoms with E-state index in [4.69, 9.17) is 5.11 Å². The molecule has 0 aliphatic carbocycles. The van der Waals surface area contributed by atoms with Crippen molar-refractivity contribution >= 4 is 22.6 Å². The smallest absolute Gasteiger partial charge is 0.311 e. The van der Waals surface area contributed by atoms with Crippen molar-refractivity contribution in [3.8, 4) is 0 Å². The summed E-state index contributed by atoms with van der Waals surface area (Å²) in [6.45, 7) is 1.69. The van der Waals surface area contributed by atoms with Crippen LogP contribution in [0.25, 0.3) is 10.9 Å². The maximum atomic E-state index is 11.3. The quantitative estimate of drug-likeness (QED) is 0.673. The van der Waals surface area contributed by atoms with Crippen LogP contribution in [0.4, 0.5) is 5.69 Å². The highest BCUT2D eigenvalue weighted by Crippen LogP contribution is 2.34. The minimum atomic E-state index is -1.06. The van der Waals surface area contributed by atoms with Crippen molar-refractivity contribution in [3.05, 3.63) is 46.1 Å². The lowest BCUT2D eigenvalue weighted by atomic mass is 9.93. The van der Waals surface area contributed by atoms with Crippen molar-refractivity contribution < 1.29 is 14.8 Å². The van der Waals surface area contributed by atoms with Crippen LogP contribution in [-0.4, -0.2) is 21.0 Å². The fourth-order valence-corrected chi connectivity index (χ4v) is 2.17. The average molecular weight is 260 g/mol. The van der Waals surface area contributed by atoms with Gasteiger partial charge in [-0.3, -0.25) is 19.9 Å². The third-order valence-corrected chi connectivity index (χ3v) is 3.05. The third-order valence-electron chi connectivity index (χ3n) is 3.05. The highest BCUT2D eigenvalue weighted by Gasteiger charge is 2.28. The standard InChI is InChI=1S/C13H12N2O4/c1-2-8(13(16)17)9-5-6-11-10(4-3-7-14-11)12(9)15(18)19/h3-8H,2H2,1H3,(H,16,17). The largest absolute Gasteiger partial charge is 0.481 e. The van der Waals surface area contributed by atoms with Gasteiger partial charge in [0.05, 0.1) is 21.7 Å². The number of pyridine rings is 1. The molecule has 1 aromatic heterocycles. The van der Waals surface area contributed by atoms with Crippen molar-refractivity contribution in [3.63, 3.8) is 0 Å². The molecule has 0 fully saturated rings. The van der Waals surface area contributed by atoms with E-state index in [-0.39, 0.29) is 11.3 Å². The number of fused-ring (bicyclic) bond motifs is 1. The number of carbonyl (C=O) groups is 1. The van der Waals surface area contributed by atoms with E-state index in [1.807, 2.05) is 0 Å². The molecule has 6 nitrogen and oxygen atoms in total. The van der Waals surface area contributed by atoms with E-state index in [2.05, 4.69) is 4.98 Å². The van der Waals surface area contributed by atoms with E-state index in [1.165, 1.54) is 6.07 Å². The second kappa shape index (κ2) is 5.01. The molecule has 0 bridgehead atoms.